The second kappa shape index (κ2) is 32.6. The van der Waals surface area contributed by atoms with Crippen molar-refractivity contribution < 1.29 is 57.5 Å². The number of Topliss-reactive ketones (excluding diaryl/α,β-unsaturated/α-hetero) is 1. The summed E-state index contributed by atoms with van der Waals surface area (Å²) in [4.78, 5) is 56.1. The lowest BCUT2D eigenvalue weighted by molar-refractivity contribution is -0.142. The van der Waals surface area contributed by atoms with Crippen molar-refractivity contribution in [1.29, 1.82) is 0 Å². The van der Waals surface area contributed by atoms with Crippen LogP contribution in [-0.2, 0) is 49.2 Å². The van der Waals surface area contributed by atoms with Crippen LogP contribution in [-0.4, -0.2) is 145 Å². The lowest BCUT2D eigenvalue weighted by Gasteiger charge is -2.29. The van der Waals surface area contributed by atoms with E-state index in [0.29, 0.717) is 136 Å². The predicted octanol–water partition coefficient (Wildman–Crippen LogP) is 3.23. The first-order valence-corrected chi connectivity index (χ1v) is 22.0. The molecule has 0 fully saturated rings. The molecule has 2 bridgehead atoms. The predicted molar refractivity (Wildman–Crippen MR) is 231 cm³/mol. The largest absolute Gasteiger partial charge is 0.494 e. The zero-order chi connectivity index (χ0) is 44.6. The number of nitrogens with zero attached hydrogens (tertiary/aromatic N) is 1. The Hall–Kier alpha value is -4.07. The van der Waals surface area contributed by atoms with E-state index in [1.165, 1.54) is 0 Å². The summed E-state index contributed by atoms with van der Waals surface area (Å²) in [7, 11) is 0. The molecule has 0 spiro atoms. The summed E-state index contributed by atoms with van der Waals surface area (Å²) in [5.41, 5.74) is 4.00. The van der Waals surface area contributed by atoms with Gasteiger partial charge in [0.25, 0.3) is 5.91 Å². The van der Waals surface area contributed by atoms with Gasteiger partial charge >= 0.3 is 0 Å². The molecule has 2 aliphatic rings. The van der Waals surface area contributed by atoms with Gasteiger partial charge in [0, 0.05) is 50.5 Å². The van der Waals surface area contributed by atoms with Gasteiger partial charge in [-0.25, -0.2) is 5.48 Å². The Morgan fingerprint density at radius 1 is 0.806 bits per heavy atom. The molecule has 0 aliphatic carbocycles. The normalized spacial score (nSPS) is 17.0. The number of ether oxygens (including phenoxy) is 7. The summed E-state index contributed by atoms with van der Waals surface area (Å²) in [5, 5.41) is 18.6. The van der Waals surface area contributed by atoms with E-state index in [-0.39, 0.29) is 29.9 Å². The first kappa shape index (κ1) is 52.3. The van der Waals surface area contributed by atoms with Crippen LogP contribution >= 0.6 is 0 Å². The Kier molecular flexibility index (Phi) is 27.5. The molecule has 62 heavy (non-hydrogen) atoms. The van der Waals surface area contributed by atoms with Crippen LogP contribution in [0.15, 0.2) is 42.6 Å². The Morgan fingerprint density at radius 2 is 1.42 bits per heavy atom. The molecule has 0 radical (unpaired) electrons. The minimum Gasteiger partial charge on any atom is -0.494 e. The average molecular weight is 874 g/mol. The minimum atomic E-state index is -0.782. The van der Waals surface area contributed by atoms with E-state index < -0.39 is 23.8 Å². The number of ketones is 1. The maximum atomic E-state index is 13.7. The molecule has 2 aromatic rings. The van der Waals surface area contributed by atoms with Gasteiger partial charge in [-0.05, 0) is 87.7 Å². The maximum Gasteiger partial charge on any atom is 0.252 e. The maximum absolute atomic E-state index is 13.7. The van der Waals surface area contributed by atoms with Crippen LogP contribution in [0, 0.1) is 24.7 Å². The first-order valence-electron chi connectivity index (χ1n) is 22.0. The van der Waals surface area contributed by atoms with Crippen molar-refractivity contribution in [2.24, 2.45) is 17.8 Å². The van der Waals surface area contributed by atoms with Crippen LogP contribution in [0.3, 0.4) is 0 Å². The molecule has 1 aromatic heterocycles. The third-order valence-electron chi connectivity index (χ3n) is 9.96. The van der Waals surface area contributed by atoms with Crippen LogP contribution in [0.5, 0.6) is 5.75 Å². The molecule has 4 rings (SSSR count). The molecular formula is C45H71N5O12. The number of aromatic nitrogens is 1. The highest BCUT2D eigenvalue weighted by molar-refractivity contribution is 5.94. The van der Waals surface area contributed by atoms with Crippen LogP contribution < -0.4 is 26.2 Å². The standard InChI is InChI=1S/C45H71N5O12/c1-34(2)31-40-39(45(54)50-55)7-4-20-62-38-13-10-36(11-14-38)32-41(49-44(40)53)42(51)8-5-18-56-23-27-60-29-25-58-21-16-46-15-6-19-57-24-28-61-30-26-59-22-17-47-43(52)37-12-9-35(3)48-33-37/h9-14,33-34,39-41,46,55H,4-8,15-32H2,1-3H3,(H,47,52)(H,49,53)(H,50,54)/t39-,40+,41-/m0/s1. The van der Waals surface area contributed by atoms with Gasteiger partial charge in [0.15, 0.2) is 5.78 Å². The third-order valence-corrected chi connectivity index (χ3v) is 9.96. The first-order chi connectivity index (χ1) is 30.2. The number of hydrogen-bond acceptors (Lipinski definition) is 14. The van der Waals surface area contributed by atoms with Gasteiger partial charge in [-0.1, -0.05) is 26.0 Å². The third kappa shape index (κ3) is 22.9. The molecule has 17 heteroatoms. The van der Waals surface area contributed by atoms with Gasteiger partial charge in [-0.2, -0.15) is 0 Å². The molecule has 3 heterocycles. The van der Waals surface area contributed by atoms with Crippen LogP contribution in [0.25, 0.3) is 0 Å². The fraction of sp³-hybridized carbons (Fsp3) is 0.667. The van der Waals surface area contributed by atoms with Gasteiger partial charge < -0.3 is 49.1 Å². The fourth-order valence-electron chi connectivity index (χ4n) is 6.65. The number of fused-ring (bicyclic) bond motifs is 11. The molecule has 0 saturated carbocycles. The van der Waals surface area contributed by atoms with E-state index in [1.54, 1.807) is 23.8 Å². The minimum absolute atomic E-state index is 0.108. The summed E-state index contributed by atoms with van der Waals surface area (Å²) in [6.45, 7) is 13.7. The average Bonchev–Trinajstić information content (AvgIpc) is 3.26. The van der Waals surface area contributed by atoms with E-state index >= 15 is 0 Å². The van der Waals surface area contributed by atoms with Crippen LogP contribution in [0.4, 0.5) is 0 Å². The van der Waals surface area contributed by atoms with Crippen molar-refractivity contribution in [2.45, 2.75) is 71.8 Å². The van der Waals surface area contributed by atoms with Crippen molar-refractivity contribution >= 4 is 23.5 Å². The van der Waals surface area contributed by atoms with Gasteiger partial charge in [-0.15, -0.1) is 0 Å². The number of carbonyl (C=O) groups is 4. The molecule has 348 valence electrons. The summed E-state index contributed by atoms with van der Waals surface area (Å²) in [6, 6.07) is 10.2. The number of pyridine rings is 1. The zero-order valence-electron chi connectivity index (χ0n) is 37.0. The summed E-state index contributed by atoms with van der Waals surface area (Å²) < 4.78 is 39.3. The van der Waals surface area contributed by atoms with Crippen molar-refractivity contribution in [3.8, 4) is 5.75 Å². The van der Waals surface area contributed by atoms with E-state index in [2.05, 4.69) is 20.9 Å². The zero-order valence-corrected chi connectivity index (χ0v) is 37.0. The molecule has 3 amide bonds. The molecule has 0 saturated heterocycles. The highest BCUT2D eigenvalue weighted by atomic mass is 16.5. The van der Waals surface area contributed by atoms with Crippen molar-refractivity contribution in [3.05, 3.63) is 59.4 Å². The molecule has 5 N–H and O–H groups in total. The monoisotopic (exact) mass is 874 g/mol. The highest BCUT2D eigenvalue weighted by Gasteiger charge is 2.36. The lowest BCUT2D eigenvalue weighted by Crippen LogP contribution is -2.49. The highest BCUT2D eigenvalue weighted by Crippen LogP contribution is 2.27. The smallest absolute Gasteiger partial charge is 0.252 e. The van der Waals surface area contributed by atoms with E-state index in [4.69, 9.17) is 33.2 Å². The Morgan fingerprint density at radius 3 is 2.03 bits per heavy atom. The van der Waals surface area contributed by atoms with E-state index in [0.717, 1.165) is 30.8 Å². The molecule has 17 nitrogen and oxygen atoms in total. The number of nitrogens with one attached hydrogen (secondary N) is 4. The lowest BCUT2D eigenvalue weighted by atomic mass is 9.81. The second-order valence-corrected chi connectivity index (χ2v) is 15.5. The number of hydroxylamine groups is 1. The Balaban J connectivity index is 1.14. The van der Waals surface area contributed by atoms with Gasteiger partial charge in [0.1, 0.15) is 5.75 Å². The van der Waals surface area contributed by atoms with E-state index in [9.17, 15) is 24.4 Å². The molecule has 3 atom stereocenters. The SMILES string of the molecule is Cc1ccc(C(=O)NCCOCCOCCOCCCNCCOCCOCCOCCCC(=O)[C@@H]2Cc3ccc(cc3)OCCC[C@H](C(=O)NO)[C@@H](CC(C)C)C(=O)N2)cn1. The summed E-state index contributed by atoms with van der Waals surface area (Å²) >= 11 is 0. The van der Waals surface area contributed by atoms with Crippen molar-refractivity contribution in [2.75, 3.05) is 106 Å². The van der Waals surface area contributed by atoms with Gasteiger partial charge in [-0.3, -0.25) is 29.4 Å². The molecular weight excluding hydrogens is 803 g/mol. The number of carbonyl (C=O) groups excluding carboxylic acids is 4. The number of aryl methyl sites for hydroxylation is 1. The molecule has 1 aromatic carbocycles. The second-order valence-electron chi connectivity index (χ2n) is 15.5. The van der Waals surface area contributed by atoms with Crippen molar-refractivity contribution in [1.82, 2.24) is 26.4 Å². The fourth-order valence-corrected chi connectivity index (χ4v) is 6.65. The molecule has 0 unspecified atom stereocenters. The number of hydrogen-bond donors (Lipinski definition) is 5. The quantitative estimate of drug-likeness (QED) is 0.0418. The number of benzene rings is 1. The Bertz CT molecular complexity index is 1530. The topological polar surface area (TPSA) is 214 Å². The summed E-state index contributed by atoms with van der Waals surface area (Å²) in [6.07, 6.45) is 4.71. The van der Waals surface area contributed by atoms with Crippen LogP contribution in [0.2, 0.25) is 0 Å². The van der Waals surface area contributed by atoms with Crippen molar-refractivity contribution in [3.63, 3.8) is 0 Å². The number of amides is 3. The summed E-state index contributed by atoms with van der Waals surface area (Å²) in [5.74, 6) is -1.97. The number of rotatable bonds is 31. The molecule has 2 aliphatic heterocycles. The Labute approximate surface area is 366 Å². The van der Waals surface area contributed by atoms with Gasteiger partial charge in [0.2, 0.25) is 11.8 Å². The van der Waals surface area contributed by atoms with E-state index in [1.807, 2.05) is 45.0 Å². The van der Waals surface area contributed by atoms with Gasteiger partial charge in [0.05, 0.1) is 90.2 Å². The van der Waals surface area contributed by atoms with Crippen LogP contribution in [0.1, 0.15) is 74.0 Å².